The van der Waals surface area contributed by atoms with Gasteiger partial charge in [0.1, 0.15) is 17.4 Å². The van der Waals surface area contributed by atoms with Gasteiger partial charge in [-0.2, -0.15) is 0 Å². The number of rotatable bonds is 4. The van der Waals surface area contributed by atoms with Gasteiger partial charge in [0.2, 0.25) is 0 Å². The standard InChI is InChI=1S/C14H15F2NO/c1-9-5-6-18-14(9)8-17-10(2)12-7-11(15)3-4-13(12)16/h3-7,10,17H,8H2,1-2H3. The van der Waals surface area contributed by atoms with Gasteiger partial charge in [-0.3, -0.25) is 0 Å². The molecule has 1 aromatic heterocycles. The van der Waals surface area contributed by atoms with Gasteiger partial charge in [0.15, 0.2) is 0 Å². The van der Waals surface area contributed by atoms with Crippen molar-refractivity contribution in [3.05, 3.63) is 59.1 Å². The molecule has 96 valence electrons. The van der Waals surface area contributed by atoms with Crippen LogP contribution in [0.3, 0.4) is 0 Å². The Hall–Kier alpha value is -1.68. The smallest absolute Gasteiger partial charge is 0.128 e. The van der Waals surface area contributed by atoms with Crippen LogP contribution in [0.2, 0.25) is 0 Å². The molecule has 0 bridgehead atoms. The summed E-state index contributed by atoms with van der Waals surface area (Å²) >= 11 is 0. The fourth-order valence-corrected chi connectivity index (χ4v) is 1.79. The molecule has 0 aliphatic rings. The molecular formula is C14H15F2NO. The van der Waals surface area contributed by atoms with Crippen molar-refractivity contribution in [2.75, 3.05) is 0 Å². The van der Waals surface area contributed by atoms with E-state index in [0.29, 0.717) is 12.1 Å². The SMILES string of the molecule is Cc1ccoc1CNC(C)c1cc(F)ccc1F. The predicted molar refractivity (Wildman–Crippen MR) is 65.1 cm³/mol. The van der Waals surface area contributed by atoms with Crippen molar-refractivity contribution >= 4 is 0 Å². The molecule has 1 unspecified atom stereocenters. The minimum absolute atomic E-state index is 0.287. The highest BCUT2D eigenvalue weighted by atomic mass is 19.1. The van der Waals surface area contributed by atoms with Gasteiger partial charge in [-0.25, -0.2) is 8.78 Å². The Kier molecular flexibility index (Phi) is 3.77. The van der Waals surface area contributed by atoms with Gasteiger partial charge >= 0.3 is 0 Å². The average molecular weight is 251 g/mol. The van der Waals surface area contributed by atoms with Crippen LogP contribution in [-0.2, 0) is 6.54 Å². The molecule has 18 heavy (non-hydrogen) atoms. The van der Waals surface area contributed by atoms with Crippen molar-refractivity contribution in [2.24, 2.45) is 0 Å². The van der Waals surface area contributed by atoms with Crippen LogP contribution in [0.25, 0.3) is 0 Å². The molecule has 4 heteroatoms. The van der Waals surface area contributed by atoms with E-state index < -0.39 is 11.6 Å². The molecule has 1 N–H and O–H groups in total. The lowest BCUT2D eigenvalue weighted by Crippen LogP contribution is -2.19. The summed E-state index contributed by atoms with van der Waals surface area (Å²) in [5.41, 5.74) is 1.36. The van der Waals surface area contributed by atoms with Crippen LogP contribution in [0.5, 0.6) is 0 Å². The Bertz CT molecular complexity index is 536. The number of nitrogens with one attached hydrogen (secondary N) is 1. The summed E-state index contributed by atoms with van der Waals surface area (Å²) < 4.78 is 31.9. The Morgan fingerprint density at radius 1 is 1.28 bits per heavy atom. The number of aryl methyl sites for hydroxylation is 1. The third-order valence-electron chi connectivity index (χ3n) is 2.96. The summed E-state index contributed by atoms with van der Waals surface area (Å²) in [7, 11) is 0. The third-order valence-corrected chi connectivity index (χ3v) is 2.96. The molecule has 0 aliphatic carbocycles. The number of halogens is 2. The maximum atomic E-state index is 13.5. The van der Waals surface area contributed by atoms with Gasteiger partial charge in [-0.05, 0) is 43.7 Å². The van der Waals surface area contributed by atoms with Gasteiger partial charge < -0.3 is 9.73 Å². The van der Waals surface area contributed by atoms with Gasteiger partial charge in [0, 0.05) is 11.6 Å². The van der Waals surface area contributed by atoms with E-state index in [1.807, 2.05) is 13.0 Å². The highest BCUT2D eigenvalue weighted by Crippen LogP contribution is 2.19. The first-order valence-electron chi connectivity index (χ1n) is 5.79. The molecular weight excluding hydrogens is 236 g/mol. The number of hydrogen-bond acceptors (Lipinski definition) is 2. The first-order valence-corrected chi connectivity index (χ1v) is 5.79. The van der Waals surface area contributed by atoms with E-state index in [1.54, 1.807) is 13.2 Å². The van der Waals surface area contributed by atoms with Crippen LogP contribution in [-0.4, -0.2) is 0 Å². The monoisotopic (exact) mass is 251 g/mol. The van der Waals surface area contributed by atoms with Crippen LogP contribution in [0.15, 0.2) is 34.9 Å². The summed E-state index contributed by atoms with van der Waals surface area (Å²) in [6.07, 6.45) is 1.61. The van der Waals surface area contributed by atoms with Crippen LogP contribution >= 0.6 is 0 Å². The van der Waals surface area contributed by atoms with Crippen LogP contribution in [0.4, 0.5) is 8.78 Å². The molecule has 2 rings (SSSR count). The zero-order valence-electron chi connectivity index (χ0n) is 10.3. The average Bonchev–Trinajstić information content (AvgIpc) is 2.75. The van der Waals surface area contributed by atoms with E-state index in [0.717, 1.165) is 23.5 Å². The molecule has 0 fully saturated rings. The molecule has 1 atom stereocenters. The molecule has 0 saturated carbocycles. The predicted octanol–water partition coefficient (Wildman–Crippen LogP) is 3.72. The van der Waals surface area contributed by atoms with Gasteiger partial charge in [0.05, 0.1) is 12.8 Å². The van der Waals surface area contributed by atoms with Crippen molar-refractivity contribution in [3.8, 4) is 0 Å². The van der Waals surface area contributed by atoms with Crippen molar-refractivity contribution in [3.63, 3.8) is 0 Å². The van der Waals surface area contributed by atoms with Crippen LogP contribution in [0.1, 0.15) is 29.9 Å². The van der Waals surface area contributed by atoms with E-state index in [4.69, 9.17) is 4.42 Å². The molecule has 0 aliphatic heterocycles. The Morgan fingerprint density at radius 2 is 2.06 bits per heavy atom. The quantitative estimate of drug-likeness (QED) is 0.896. The highest BCUT2D eigenvalue weighted by molar-refractivity contribution is 5.22. The van der Waals surface area contributed by atoms with E-state index >= 15 is 0 Å². The van der Waals surface area contributed by atoms with Gasteiger partial charge in [0.25, 0.3) is 0 Å². The van der Waals surface area contributed by atoms with Gasteiger partial charge in [-0.15, -0.1) is 0 Å². The molecule has 2 aromatic rings. The van der Waals surface area contributed by atoms with Crippen LogP contribution in [0, 0.1) is 18.6 Å². The van der Waals surface area contributed by atoms with Crippen molar-refractivity contribution in [1.82, 2.24) is 5.32 Å². The highest BCUT2D eigenvalue weighted by Gasteiger charge is 2.12. The second-order valence-corrected chi connectivity index (χ2v) is 4.30. The lowest BCUT2D eigenvalue weighted by Gasteiger charge is -2.14. The summed E-state index contributed by atoms with van der Waals surface area (Å²) in [5, 5.41) is 3.11. The molecule has 2 nitrogen and oxygen atoms in total. The van der Waals surface area contributed by atoms with E-state index in [-0.39, 0.29) is 6.04 Å². The molecule has 0 spiro atoms. The minimum atomic E-state index is -0.436. The molecule has 1 aromatic carbocycles. The lowest BCUT2D eigenvalue weighted by atomic mass is 10.1. The molecule has 0 radical (unpaired) electrons. The summed E-state index contributed by atoms with van der Waals surface area (Å²) in [6.45, 7) is 4.21. The van der Waals surface area contributed by atoms with Gasteiger partial charge in [-0.1, -0.05) is 0 Å². The van der Waals surface area contributed by atoms with Crippen molar-refractivity contribution < 1.29 is 13.2 Å². The Balaban J connectivity index is 2.06. The number of benzene rings is 1. The topological polar surface area (TPSA) is 25.2 Å². The molecule has 0 amide bonds. The largest absolute Gasteiger partial charge is 0.468 e. The maximum Gasteiger partial charge on any atom is 0.128 e. The van der Waals surface area contributed by atoms with Crippen LogP contribution < -0.4 is 5.32 Å². The fraction of sp³-hybridized carbons (Fsp3) is 0.286. The minimum Gasteiger partial charge on any atom is -0.468 e. The zero-order chi connectivity index (χ0) is 13.1. The fourth-order valence-electron chi connectivity index (χ4n) is 1.79. The normalized spacial score (nSPS) is 12.7. The van der Waals surface area contributed by atoms with Crippen molar-refractivity contribution in [2.45, 2.75) is 26.4 Å². The number of hydrogen-bond donors (Lipinski definition) is 1. The molecule has 0 saturated heterocycles. The van der Waals surface area contributed by atoms with Crippen molar-refractivity contribution in [1.29, 1.82) is 0 Å². The maximum absolute atomic E-state index is 13.5. The third kappa shape index (κ3) is 2.76. The first-order chi connectivity index (χ1) is 8.58. The Labute approximate surface area is 105 Å². The summed E-state index contributed by atoms with van der Waals surface area (Å²) in [6, 6.07) is 5.04. The molecule has 1 heterocycles. The Morgan fingerprint density at radius 3 is 2.72 bits per heavy atom. The summed E-state index contributed by atoms with van der Waals surface area (Å²) in [5.74, 6) is -0.0412. The van der Waals surface area contributed by atoms with E-state index in [1.165, 1.54) is 6.07 Å². The zero-order valence-corrected chi connectivity index (χ0v) is 10.3. The second-order valence-electron chi connectivity index (χ2n) is 4.30. The summed E-state index contributed by atoms with van der Waals surface area (Å²) in [4.78, 5) is 0. The van der Waals surface area contributed by atoms with E-state index in [9.17, 15) is 8.78 Å². The van der Waals surface area contributed by atoms with E-state index in [2.05, 4.69) is 5.32 Å². The second kappa shape index (κ2) is 5.31. The lowest BCUT2D eigenvalue weighted by molar-refractivity contribution is 0.449. The number of furan rings is 1. The first kappa shape index (κ1) is 12.8.